The van der Waals surface area contributed by atoms with Crippen LogP contribution in [0.25, 0.3) is 0 Å². The van der Waals surface area contributed by atoms with Crippen LogP contribution in [0.3, 0.4) is 0 Å². The Morgan fingerprint density at radius 2 is 2.26 bits per heavy atom. The van der Waals surface area contributed by atoms with Crippen molar-refractivity contribution in [1.29, 1.82) is 0 Å². The molecule has 2 bridgehead atoms. The van der Waals surface area contributed by atoms with E-state index in [0.717, 1.165) is 43.7 Å². The van der Waals surface area contributed by atoms with Crippen LogP contribution in [-0.2, 0) is 4.74 Å². The quantitative estimate of drug-likeness (QED) is 0.447. The van der Waals surface area contributed by atoms with Crippen molar-refractivity contribution in [3.05, 3.63) is 33.4 Å². The van der Waals surface area contributed by atoms with Crippen molar-refractivity contribution in [2.45, 2.75) is 45.4 Å². The van der Waals surface area contributed by atoms with Crippen LogP contribution in [0.2, 0.25) is 0 Å². The molecule has 3 aliphatic heterocycles. The number of fused-ring (bicyclic) bond motifs is 4. The molecule has 2 fully saturated rings. The van der Waals surface area contributed by atoms with Crippen LogP contribution < -0.4 is 0 Å². The summed E-state index contributed by atoms with van der Waals surface area (Å²) in [6.45, 7) is 5.80. The Hall–Kier alpha value is -1.60. The van der Waals surface area contributed by atoms with E-state index in [9.17, 15) is 10.1 Å². The van der Waals surface area contributed by atoms with Gasteiger partial charge in [-0.15, -0.1) is 0 Å². The molecule has 23 heavy (non-hydrogen) atoms. The summed E-state index contributed by atoms with van der Waals surface area (Å²) < 4.78 is 5.89. The fraction of sp³-hybridized carbons (Fsp3) is 0.667. The summed E-state index contributed by atoms with van der Waals surface area (Å²) in [5.74, 6) is 0.732. The Labute approximate surface area is 140 Å². The van der Waals surface area contributed by atoms with Crippen molar-refractivity contribution >= 4 is 16.8 Å². The molecule has 0 spiro atoms. The highest BCUT2D eigenvalue weighted by molar-refractivity contribution is 6.64. The molecule has 2 saturated heterocycles. The molecule has 3 rings (SSSR count). The number of halogens is 1. The van der Waals surface area contributed by atoms with Gasteiger partial charge >= 0.3 is 5.70 Å². The van der Waals surface area contributed by atoms with E-state index < -0.39 is 0 Å². The van der Waals surface area contributed by atoms with Gasteiger partial charge in [-0.25, -0.2) is 4.99 Å². The molecular weight excluding hydrogens is 320 g/mol. The Balaban J connectivity index is 1.90. The molecule has 126 valence electrons. The minimum atomic E-state index is -0.386. The van der Waals surface area contributed by atoms with E-state index in [-0.39, 0.29) is 23.0 Å². The Kier molecular flexibility index (Phi) is 4.59. The molecule has 0 amide bonds. The third kappa shape index (κ3) is 3.21. The molecule has 8 heteroatoms. The molecule has 0 saturated carbocycles. The van der Waals surface area contributed by atoms with E-state index >= 15 is 0 Å². The van der Waals surface area contributed by atoms with Crippen molar-refractivity contribution in [1.82, 2.24) is 9.80 Å². The Morgan fingerprint density at radius 1 is 1.48 bits per heavy atom. The Bertz CT molecular complexity index is 598. The van der Waals surface area contributed by atoms with Gasteiger partial charge < -0.3 is 14.5 Å². The molecule has 0 aromatic heterocycles. The highest BCUT2D eigenvalue weighted by Crippen LogP contribution is 2.39. The number of hydrogen-bond donors (Lipinski definition) is 0. The second-order valence-electron chi connectivity index (χ2n) is 6.19. The maximum atomic E-state index is 11.6. The molecule has 2 atom stereocenters. The van der Waals surface area contributed by atoms with Gasteiger partial charge in [0.25, 0.3) is 0 Å². The first-order valence-corrected chi connectivity index (χ1v) is 8.26. The molecule has 0 N–H and O–H groups in total. The van der Waals surface area contributed by atoms with Crippen LogP contribution in [0, 0.1) is 10.1 Å². The molecular formula is C15H21ClN4O3. The third-order valence-electron chi connectivity index (χ3n) is 4.40. The van der Waals surface area contributed by atoms with Crippen LogP contribution in [0.15, 0.2) is 28.3 Å². The molecule has 2 unspecified atom stereocenters. The van der Waals surface area contributed by atoms with Gasteiger partial charge in [-0.2, -0.15) is 0 Å². The standard InChI is InChI=1S/C15H21ClN4O3/c1-10(8-17-11(2)16)9-18-6-7-19-13-5-3-4-12(23-13)14(15(18)19)20(21)22/h8,12-13H,3-7,9H2,1-2H3/b10-8+,17-11?. The predicted molar refractivity (Wildman–Crippen MR) is 87.5 cm³/mol. The number of hydrogen-bond acceptors (Lipinski definition) is 6. The number of nitro groups is 1. The van der Waals surface area contributed by atoms with Crippen LogP contribution in [0.5, 0.6) is 0 Å². The lowest BCUT2D eigenvalue weighted by Gasteiger charge is -2.41. The van der Waals surface area contributed by atoms with Gasteiger partial charge in [-0.05, 0) is 38.7 Å². The van der Waals surface area contributed by atoms with E-state index in [1.54, 1.807) is 13.1 Å². The van der Waals surface area contributed by atoms with Crippen LogP contribution >= 0.6 is 11.6 Å². The van der Waals surface area contributed by atoms with E-state index in [0.29, 0.717) is 11.7 Å². The van der Waals surface area contributed by atoms with E-state index in [4.69, 9.17) is 16.3 Å². The zero-order valence-corrected chi connectivity index (χ0v) is 14.1. The molecule has 0 radical (unpaired) electrons. The summed E-state index contributed by atoms with van der Waals surface area (Å²) in [6.07, 6.45) is 3.94. The number of ether oxygens (including phenoxy) is 1. The fourth-order valence-electron chi connectivity index (χ4n) is 3.48. The molecule has 3 aliphatic rings. The predicted octanol–water partition coefficient (Wildman–Crippen LogP) is 2.52. The van der Waals surface area contributed by atoms with Crippen molar-refractivity contribution in [3.63, 3.8) is 0 Å². The lowest BCUT2D eigenvalue weighted by molar-refractivity contribution is -0.448. The van der Waals surface area contributed by atoms with Gasteiger partial charge in [0.1, 0.15) is 11.4 Å². The van der Waals surface area contributed by atoms with E-state index in [2.05, 4.69) is 14.8 Å². The summed E-state index contributed by atoms with van der Waals surface area (Å²) >= 11 is 5.75. The van der Waals surface area contributed by atoms with E-state index in [1.165, 1.54) is 0 Å². The first kappa shape index (κ1) is 16.3. The molecule has 0 aromatic carbocycles. The number of nitrogens with zero attached hydrogens (tertiary/aromatic N) is 4. The monoisotopic (exact) mass is 340 g/mol. The molecule has 0 aliphatic carbocycles. The van der Waals surface area contributed by atoms with Crippen molar-refractivity contribution in [2.24, 2.45) is 4.99 Å². The Morgan fingerprint density at radius 3 is 2.96 bits per heavy atom. The maximum absolute atomic E-state index is 11.6. The first-order chi connectivity index (χ1) is 11.0. The zero-order chi connectivity index (χ0) is 16.6. The highest BCUT2D eigenvalue weighted by atomic mass is 35.5. The summed E-state index contributed by atoms with van der Waals surface area (Å²) in [7, 11) is 0. The van der Waals surface area contributed by atoms with E-state index in [1.807, 2.05) is 6.92 Å². The maximum Gasteiger partial charge on any atom is 0.314 e. The SMILES string of the molecule is CC(Cl)=N/C=C(\C)CN1CCN2C1=C([N+](=O)[O-])C1CCCC2O1. The average Bonchev–Trinajstić information content (AvgIpc) is 2.89. The smallest absolute Gasteiger partial charge is 0.314 e. The molecule has 0 aromatic rings. The van der Waals surface area contributed by atoms with Crippen molar-refractivity contribution in [2.75, 3.05) is 19.6 Å². The zero-order valence-electron chi connectivity index (χ0n) is 13.4. The highest BCUT2D eigenvalue weighted by Gasteiger charge is 2.48. The van der Waals surface area contributed by atoms with Crippen LogP contribution in [-0.4, -0.2) is 51.9 Å². The van der Waals surface area contributed by atoms with Gasteiger partial charge in [0.15, 0.2) is 11.9 Å². The van der Waals surface area contributed by atoms with Crippen molar-refractivity contribution in [3.8, 4) is 0 Å². The number of rotatable bonds is 4. The van der Waals surface area contributed by atoms with Gasteiger partial charge in [0.2, 0.25) is 0 Å². The minimum Gasteiger partial charge on any atom is -0.347 e. The van der Waals surface area contributed by atoms with Gasteiger partial charge in [-0.1, -0.05) is 11.6 Å². The summed E-state index contributed by atoms with van der Waals surface area (Å²) in [6, 6.07) is 0. The van der Waals surface area contributed by atoms with Gasteiger partial charge in [0, 0.05) is 25.8 Å². The largest absolute Gasteiger partial charge is 0.347 e. The molecule has 7 nitrogen and oxygen atoms in total. The lowest BCUT2D eigenvalue weighted by Crippen LogP contribution is -2.48. The summed E-state index contributed by atoms with van der Waals surface area (Å²) in [5.41, 5.74) is 1.22. The third-order valence-corrected chi connectivity index (χ3v) is 4.50. The normalized spacial score (nSPS) is 28.3. The average molecular weight is 341 g/mol. The lowest BCUT2D eigenvalue weighted by atomic mass is 10.0. The van der Waals surface area contributed by atoms with Gasteiger partial charge in [-0.3, -0.25) is 10.1 Å². The number of aliphatic imine (C=N–C) groups is 1. The first-order valence-electron chi connectivity index (χ1n) is 7.88. The minimum absolute atomic E-state index is 0.0233. The second-order valence-corrected chi connectivity index (χ2v) is 6.74. The van der Waals surface area contributed by atoms with Crippen molar-refractivity contribution < 1.29 is 9.66 Å². The topological polar surface area (TPSA) is 71.2 Å². The molecule has 3 heterocycles. The fourth-order valence-corrected chi connectivity index (χ4v) is 3.53. The van der Waals surface area contributed by atoms with Crippen LogP contribution in [0.1, 0.15) is 33.1 Å². The summed E-state index contributed by atoms with van der Waals surface area (Å²) in [5, 5.41) is 12.1. The second kappa shape index (κ2) is 6.49. The van der Waals surface area contributed by atoms with Crippen LogP contribution in [0.4, 0.5) is 0 Å². The van der Waals surface area contributed by atoms with Gasteiger partial charge in [0.05, 0.1) is 4.92 Å². The summed E-state index contributed by atoms with van der Waals surface area (Å²) in [4.78, 5) is 19.5.